The van der Waals surface area contributed by atoms with Crippen LogP contribution >= 0.6 is 0 Å². The second-order valence-electron chi connectivity index (χ2n) is 2.21. The Labute approximate surface area is 69.9 Å². The molecule has 0 saturated heterocycles. The topological polar surface area (TPSA) is 73.8 Å². The van der Waals surface area contributed by atoms with E-state index in [1.165, 1.54) is 23.3 Å². The van der Waals surface area contributed by atoms with Gasteiger partial charge in [-0.2, -0.15) is 5.10 Å². The van der Waals surface area contributed by atoms with Gasteiger partial charge in [-0.3, -0.25) is 4.79 Å². The normalized spacial score (nSPS) is 10.8. The molecule has 1 amide bonds. The Balaban J connectivity index is 2.70. The Morgan fingerprint density at radius 2 is 2.58 bits per heavy atom. The number of aromatic nitrogens is 3. The van der Waals surface area contributed by atoms with Gasteiger partial charge in [-0.1, -0.05) is 6.92 Å². The summed E-state index contributed by atoms with van der Waals surface area (Å²) < 4.78 is 1.45. The van der Waals surface area contributed by atoms with Crippen molar-refractivity contribution in [2.45, 2.75) is 13.3 Å². The number of carbonyl (C=O) groups excluding carboxylic acids is 1. The zero-order valence-corrected chi connectivity index (χ0v) is 6.77. The number of hydrogen-bond acceptors (Lipinski definition) is 3. The van der Waals surface area contributed by atoms with Gasteiger partial charge in [0.1, 0.15) is 6.33 Å². The van der Waals surface area contributed by atoms with Gasteiger partial charge >= 0.3 is 0 Å². The Hall–Kier alpha value is -1.65. The molecule has 0 aromatic carbocycles. The molecule has 0 radical (unpaired) electrons. The Morgan fingerprint density at radius 1 is 1.83 bits per heavy atom. The van der Waals surface area contributed by atoms with Gasteiger partial charge in [-0.25, -0.2) is 9.67 Å². The van der Waals surface area contributed by atoms with E-state index in [9.17, 15) is 4.79 Å². The van der Waals surface area contributed by atoms with Gasteiger partial charge in [0.2, 0.25) is 5.91 Å². The lowest BCUT2D eigenvalue weighted by Gasteiger charge is -1.86. The fourth-order valence-corrected chi connectivity index (χ4v) is 0.694. The maximum Gasteiger partial charge on any atom is 0.242 e. The summed E-state index contributed by atoms with van der Waals surface area (Å²) in [6.45, 7) is 1.96. The first-order valence-corrected chi connectivity index (χ1v) is 3.60. The van der Waals surface area contributed by atoms with Crippen molar-refractivity contribution in [3.05, 3.63) is 18.2 Å². The van der Waals surface area contributed by atoms with Gasteiger partial charge in [-0.15, -0.1) is 0 Å². The number of rotatable bonds is 3. The molecule has 1 aromatic rings. The standard InChI is InChI=1S/C7H10N4O/c1-2-7-9-5-11(10-7)4-3-6(8)12/h3-5H,2H2,1H3,(H2,8,12). The fraction of sp³-hybridized carbons (Fsp3) is 0.286. The molecule has 0 unspecified atom stereocenters. The van der Waals surface area contributed by atoms with Crippen LogP contribution in [-0.2, 0) is 11.2 Å². The molecule has 64 valence electrons. The van der Waals surface area contributed by atoms with Crippen LogP contribution in [0.25, 0.3) is 6.20 Å². The van der Waals surface area contributed by atoms with E-state index in [0.717, 1.165) is 12.2 Å². The third kappa shape index (κ3) is 2.19. The van der Waals surface area contributed by atoms with Crippen LogP contribution in [0.1, 0.15) is 12.7 Å². The van der Waals surface area contributed by atoms with E-state index in [1.807, 2.05) is 6.92 Å². The molecule has 1 rings (SSSR count). The number of nitrogens with zero attached hydrogens (tertiary/aromatic N) is 3. The van der Waals surface area contributed by atoms with Crippen molar-refractivity contribution in [3.8, 4) is 0 Å². The molecule has 0 spiro atoms. The summed E-state index contributed by atoms with van der Waals surface area (Å²) in [6, 6.07) is 0. The zero-order valence-electron chi connectivity index (χ0n) is 6.77. The molecule has 0 aliphatic rings. The third-order valence-corrected chi connectivity index (χ3v) is 1.26. The lowest BCUT2D eigenvalue weighted by Crippen LogP contribution is -2.06. The monoisotopic (exact) mass is 166 g/mol. The molecular weight excluding hydrogens is 156 g/mol. The Morgan fingerprint density at radius 3 is 3.08 bits per heavy atom. The van der Waals surface area contributed by atoms with E-state index >= 15 is 0 Å². The van der Waals surface area contributed by atoms with Gasteiger partial charge in [0.25, 0.3) is 0 Å². The average Bonchev–Trinajstić information content (AvgIpc) is 2.48. The minimum Gasteiger partial charge on any atom is -0.366 e. The van der Waals surface area contributed by atoms with E-state index in [0.29, 0.717) is 0 Å². The van der Waals surface area contributed by atoms with E-state index in [2.05, 4.69) is 10.1 Å². The first-order valence-electron chi connectivity index (χ1n) is 3.60. The van der Waals surface area contributed by atoms with Crippen LogP contribution in [0.4, 0.5) is 0 Å². The van der Waals surface area contributed by atoms with Crippen LogP contribution in [-0.4, -0.2) is 20.7 Å². The van der Waals surface area contributed by atoms with Crippen LogP contribution in [0.3, 0.4) is 0 Å². The van der Waals surface area contributed by atoms with Crippen molar-refractivity contribution in [2.24, 2.45) is 5.73 Å². The highest BCUT2D eigenvalue weighted by Crippen LogP contribution is 1.90. The summed E-state index contributed by atoms with van der Waals surface area (Å²) in [5, 5.41) is 4.01. The summed E-state index contributed by atoms with van der Waals surface area (Å²) in [6.07, 6.45) is 5.00. The number of carbonyl (C=O) groups is 1. The maximum absolute atomic E-state index is 10.3. The number of hydrogen-bond donors (Lipinski definition) is 1. The van der Waals surface area contributed by atoms with E-state index in [1.54, 1.807) is 0 Å². The highest BCUT2D eigenvalue weighted by Gasteiger charge is 1.93. The quantitative estimate of drug-likeness (QED) is 0.632. The molecule has 1 heterocycles. The highest BCUT2D eigenvalue weighted by molar-refractivity contribution is 5.88. The summed E-state index contributed by atoms with van der Waals surface area (Å²) in [4.78, 5) is 14.3. The molecule has 0 saturated carbocycles. The van der Waals surface area contributed by atoms with E-state index < -0.39 is 5.91 Å². The molecule has 0 bridgehead atoms. The van der Waals surface area contributed by atoms with Gasteiger partial charge in [0.15, 0.2) is 5.82 Å². The Bertz CT molecular complexity index is 302. The molecule has 0 fully saturated rings. The van der Waals surface area contributed by atoms with Crippen LogP contribution < -0.4 is 5.73 Å². The van der Waals surface area contributed by atoms with Crippen molar-refractivity contribution in [3.63, 3.8) is 0 Å². The molecule has 0 aliphatic heterocycles. The van der Waals surface area contributed by atoms with Gasteiger partial charge in [0, 0.05) is 18.7 Å². The minimum absolute atomic E-state index is 0.497. The second-order valence-corrected chi connectivity index (χ2v) is 2.21. The summed E-state index contributed by atoms with van der Waals surface area (Å²) >= 11 is 0. The molecule has 0 atom stereocenters. The van der Waals surface area contributed by atoms with Gasteiger partial charge in [-0.05, 0) is 0 Å². The largest absolute Gasteiger partial charge is 0.366 e. The number of amides is 1. The van der Waals surface area contributed by atoms with Crippen LogP contribution in [0.15, 0.2) is 12.4 Å². The molecule has 2 N–H and O–H groups in total. The third-order valence-electron chi connectivity index (χ3n) is 1.26. The smallest absolute Gasteiger partial charge is 0.242 e. The molecule has 0 aliphatic carbocycles. The predicted octanol–water partition coefficient (Wildman–Crippen LogP) is -0.204. The van der Waals surface area contributed by atoms with E-state index in [-0.39, 0.29) is 0 Å². The maximum atomic E-state index is 10.3. The van der Waals surface area contributed by atoms with Gasteiger partial charge in [0.05, 0.1) is 0 Å². The van der Waals surface area contributed by atoms with Gasteiger partial charge < -0.3 is 5.73 Å². The van der Waals surface area contributed by atoms with Crippen molar-refractivity contribution in [1.29, 1.82) is 0 Å². The van der Waals surface area contributed by atoms with Crippen LogP contribution in [0, 0.1) is 0 Å². The van der Waals surface area contributed by atoms with Crippen molar-refractivity contribution in [1.82, 2.24) is 14.8 Å². The first kappa shape index (κ1) is 8.45. The minimum atomic E-state index is -0.497. The van der Waals surface area contributed by atoms with Crippen molar-refractivity contribution >= 4 is 12.1 Å². The second kappa shape index (κ2) is 3.66. The predicted molar refractivity (Wildman–Crippen MR) is 43.9 cm³/mol. The van der Waals surface area contributed by atoms with E-state index in [4.69, 9.17) is 5.73 Å². The molecule has 5 heteroatoms. The molecule has 1 aromatic heterocycles. The lowest BCUT2D eigenvalue weighted by molar-refractivity contribution is -0.113. The lowest BCUT2D eigenvalue weighted by atomic mass is 10.5. The number of primary amides is 1. The molecule has 5 nitrogen and oxygen atoms in total. The summed E-state index contributed by atoms with van der Waals surface area (Å²) in [7, 11) is 0. The number of nitrogens with two attached hydrogens (primary N) is 1. The van der Waals surface area contributed by atoms with Crippen molar-refractivity contribution in [2.75, 3.05) is 0 Å². The molecule has 12 heavy (non-hydrogen) atoms. The van der Waals surface area contributed by atoms with Crippen LogP contribution in [0.5, 0.6) is 0 Å². The summed E-state index contributed by atoms with van der Waals surface area (Å²) in [5.41, 5.74) is 4.89. The SMILES string of the molecule is CCc1ncn(C=CC(N)=O)n1. The average molecular weight is 166 g/mol. The highest BCUT2D eigenvalue weighted by atomic mass is 16.1. The summed E-state index contributed by atoms with van der Waals surface area (Å²) in [5.74, 6) is 0.243. The van der Waals surface area contributed by atoms with Crippen LogP contribution in [0.2, 0.25) is 0 Å². The van der Waals surface area contributed by atoms with Crippen molar-refractivity contribution < 1.29 is 4.79 Å². The fourth-order valence-electron chi connectivity index (χ4n) is 0.694. The number of aryl methyl sites for hydroxylation is 1. The first-order chi connectivity index (χ1) is 5.72. The Kier molecular flexibility index (Phi) is 2.57. The molecular formula is C7H10N4O. The zero-order chi connectivity index (χ0) is 8.97.